The summed E-state index contributed by atoms with van der Waals surface area (Å²) in [6.45, 7) is 3.61. The monoisotopic (exact) mass is 380 g/mol. The van der Waals surface area contributed by atoms with Gasteiger partial charge in [-0.25, -0.2) is 4.79 Å². The van der Waals surface area contributed by atoms with Gasteiger partial charge in [0.1, 0.15) is 6.54 Å². The van der Waals surface area contributed by atoms with E-state index in [1.807, 2.05) is 38.1 Å². The minimum absolute atomic E-state index is 0.00342. The van der Waals surface area contributed by atoms with Gasteiger partial charge in [0.15, 0.2) is 0 Å². The summed E-state index contributed by atoms with van der Waals surface area (Å²) in [6.07, 6.45) is 0.781. The van der Waals surface area contributed by atoms with Crippen LogP contribution in [0.15, 0.2) is 28.7 Å². The molecule has 23 heavy (non-hydrogen) atoms. The number of nitrogens with one attached hydrogen (secondary N) is 2. The minimum atomic E-state index is -0.530. The maximum absolute atomic E-state index is 11.8. The number of amides is 3. The van der Waals surface area contributed by atoms with E-state index in [1.54, 1.807) is 0 Å². The van der Waals surface area contributed by atoms with Crippen LogP contribution >= 0.6 is 15.9 Å². The molecule has 0 spiro atoms. The normalized spacial score (nSPS) is 11.8. The molecule has 0 saturated carbocycles. The molecule has 0 unspecified atom stereocenters. The Morgan fingerprint density at radius 1 is 1.30 bits per heavy atom. The Labute approximate surface area is 141 Å². The zero-order valence-electron chi connectivity index (χ0n) is 12.8. The number of carbonyl (C=O) groups is 2. The van der Waals surface area contributed by atoms with Crippen LogP contribution in [0.2, 0.25) is 0 Å². The molecular formula is C14H17BrN6O2. The van der Waals surface area contributed by atoms with Gasteiger partial charge in [0, 0.05) is 16.1 Å². The lowest BCUT2D eigenvalue weighted by molar-refractivity contribution is -0.121. The molecule has 3 amide bonds. The van der Waals surface area contributed by atoms with E-state index < -0.39 is 11.9 Å². The summed E-state index contributed by atoms with van der Waals surface area (Å²) >= 11 is 3.35. The molecule has 2 N–H and O–H groups in total. The van der Waals surface area contributed by atoms with E-state index in [4.69, 9.17) is 0 Å². The summed E-state index contributed by atoms with van der Waals surface area (Å²) < 4.78 is 0.945. The summed E-state index contributed by atoms with van der Waals surface area (Å²) in [5.74, 6) is -0.0973. The van der Waals surface area contributed by atoms with Crippen molar-refractivity contribution >= 4 is 27.9 Å². The summed E-state index contributed by atoms with van der Waals surface area (Å²) in [5.41, 5.74) is 0.786. The molecule has 0 aliphatic rings. The van der Waals surface area contributed by atoms with E-state index in [-0.39, 0.29) is 12.6 Å². The molecule has 0 radical (unpaired) electrons. The molecule has 1 heterocycles. The number of nitrogens with zero attached hydrogens (tertiary/aromatic N) is 4. The van der Waals surface area contributed by atoms with Gasteiger partial charge >= 0.3 is 6.03 Å². The third-order valence-electron chi connectivity index (χ3n) is 3.08. The second-order valence-electron chi connectivity index (χ2n) is 4.98. The first-order valence-electron chi connectivity index (χ1n) is 7.12. The van der Waals surface area contributed by atoms with E-state index in [0.29, 0.717) is 5.82 Å². The lowest BCUT2D eigenvalue weighted by Gasteiger charge is -2.11. The number of hydrogen-bond donors (Lipinski definition) is 2. The van der Waals surface area contributed by atoms with Crippen LogP contribution in [0.4, 0.5) is 4.79 Å². The molecule has 1 aromatic carbocycles. The van der Waals surface area contributed by atoms with Crippen LogP contribution < -0.4 is 10.6 Å². The average Bonchev–Trinajstić information content (AvgIpc) is 2.95. The summed E-state index contributed by atoms with van der Waals surface area (Å²) in [5, 5.41) is 16.7. The van der Waals surface area contributed by atoms with Crippen molar-refractivity contribution in [3.63, 3.8) is 0 Å². The number of benzene rings is 1. The standard InChI is InChI=1S/C14H17BrN6O2/c1-3-9(2)16-14(23)17-12(22)8-21-19-13(18-20-21)10-4-6-11(15)7-5-10/h4-7,9H,3,8H2,1-2H3,(H2,16,17,22,23)/t9-/m1/s1. The van der Waals surface area contributed by atoms with Crippen molar-refractivity contribution in [1.82, 2.24) is 30.8 Å². The maximum atomic E-state index is 11.8. The van der Waals surface area contributed by atoms with Gasteiger partial charge < -0.3 is 5.32 Å². The van der Waals surface area contributed by atoms with Crippen molar-refractivity contribution < 1.29 is 9.59 Å². The first-order chi connectivity index (χ1) is 11.0. The predicted octanol–water partition coefficient (Wildman–Crippen LogP) is 1.73. The van der Waals surface area contributed by atoms with Gasteiger partial charge in [-0.05, 0) is 42.8 Å². The van der Waals surface area contributed by atoms with Crippen molar-refractivity contribution in [3.05, 3.63) is 28.7 Å². The molecule has 1 aromatic heterocycles. The van der Waals surface area contributed by atoms with Crippen LogP contribution in [0, 0.1) is 0 Å². The number of imide groups is 1. The number of urea groups is 1. The second kappa shape index (κ2) is 7.82. The zero-order valence-corrected chi connectivity index (χ0v) is 14.4. The van der Waals surface area contributed by atoms with E-state index in [0.717, 1.165) is 21.3 Å². The van der Waals surface area contributed by atoms with Gasteiger partial charge in [0.2, 0.25) is 5.82 Å². The van der Waals surface area contributed by atoms with Gasteiger partial charge in [-0.2, -0.15) is 4.80 Å². The number of carbonyl (C=O) groups excluding carboxylic acids is 2. The Hall–Kier alpha value is -2.29. The molecule has 0 fully saturated rings. The highest BCUT2D eigenvalue weighted by Gasteiger charge is 2.13. The molecule has 0 bridgehead atoms. The largest absolute Gasteiger partial charge is 0.335 e. The van der Waals surface area contributed by atoms with Gasteiger partial charge in [0.05, 0.1) is 0 Å². The fourth-order valence-corrected chi connectivity index (χ4v) is 1.95. The fourth-order valence-electron chi connectivity index (χ4n) is 1.68. The highest BCUT2D eigenvalue weighted by Crippen LogP contribution is 2.17. The number of aromatic nitrogens is 4. The van der Waals surface area contributed by atoms with Gasteiger partial charge in [-0.1, -0.05) is 22.9 Å². The predicted molar refractivity (Wildman–Crippen MR) is 87.4 cm³/mol. The number of rotatable bonds is 5. The Morgan fingerprint density at radius 3 is 2.65 bits per heavy atom. The van der Waals surface area contributed by atoms with Crippen molar-refractivity contribution in [2.75, 3.05) is 0 Å². The molecule has 1 atom stereocenters. The third kappa shape index (κ3) is 5.13. The van der Waals surface area contributed by atoms with Gasteiger partial charge in [-0.15, -0.1) is 10.2 Å². The lowest BCUT2D eigenvalue weighted by atomic mass is 10.2. The van der Waals surface area contributed by atoms with Crippen LogP contribution in [0.25, 0.3) is 11.4 Å². The first-order valence-corrected chi connectivity index (χ1v) is 7.91. The topological polar surface area (TPSA) is 102 Å². The molecule has 2 aromatic rings. The summed E-state index contributed by atoms with van der Waals surface area (Å²) in [4.78, 5) is 24.5. The Kier molecular flexibility index (Phi) is 5.80. The third-order valence-corrected chi connectivity index (χ3v) is 3.61. The Bertz CT molecular complexity index is 685. The van der Waals surface area contributed by atoms with Crippen molar-refractivity contribution in [3.8, 4) is 11.4 Å². The SMILES string of the molecule is CC[C@@H](C)NC(=O)NC(=O)Cn1nnc(-c2ccc(Br)cc2)n1. The van der Waals surface area contributed by atoms with Gasteiger partial charge in [0.25, 0.3) is 5.91 Å². The van der Waals surface area contributed by atoms with Crippen molar-refractivity contribution in [1.29, 1.82) is 0 Å². The zero-order chi connectivity index (χ0) is 16.8. The second-order valence-corrected chi connectivity index (χ2v) is 5.90. The first kappa shape index (κ1) is 17.1. The lowest BCUT2D eigenvalue weighted by Crippen LogP contribution is -2.44. The molecular weight excluding hydrogens is 364 g/mol. The van der Waals surface area contributed by atoms with Crippen LogP contribution in [-0.4, -0.2) is 38.2 Å². The number of hydrogen-bond acceptors (Lipinski definition) is 5. The van der Waals surface area contributed by atoms with E-state index >= 15 is 0 Å². The Balaban J connectivity index is 1.92. The van der Waals surface area contributed by atoms with Crippen molar-refractivity contribution in [2.24, 2.45) is 0 Å². The summed E-state index contributed by atoms with van der Waals surface area (Å²) in [7, 11) is 0. The average molecular weight is 381 g/mol. The summed E-state index contributed by atoms with van der Waals surface area (Å²) in [6, 6.07) is 6.87. The van der Waals surface area contributed by atoms with E-state index in [9.17, 15) is 9.59 Å². The Morgan fingerprint density at radius 2 is 2.00 bits per heavy atom. The van der Waals surface area contributed by atoms with Gasteiger partial charge in [-0.3, -0.25) is 10.1 Å². The fraction of sp³-hybridized carbons (Fsp3) is 0.357. The molecule has 0 aliphatic carbocycles. The van der Waals surface area contributed by atoms with E-state index in [1.165, 1.54) is 0 Å². The van der Waals surface area contributed by atoms with Crippen LogP contribution in [0.5, 0.6) is 0 Å². The highest BCUT2D eigenvalue weighted by molar-refractivity contribution is 9.10. The molecule has 8 nitrogen and oxygen atoms in total. The number of halogens is 1. The van der Waals surface area contributed by atoms with E-state index in [2.05, 4.69) is 42.0 Å². The molecule has 122 valence electrons. The minimum Gasteiger partial charge on any atom is -0.335 e. The molecule has 0 aliphatic heterocycles. The highest BCUT2D eigenvalue weighted by atomic mass is 79.9. The maximum Gasteiger partial charge on any atom is 0.321 e. The molecule has 2 rings (SSSR count). The molecule has 9 heteroatoms. The van der Waals surface area contributed by atoms with Crippen molar-refractivity contribution in [2.45, 2.75) is 32.9 Å². The van der Waals surface area contributed by atoms with Crippen LogP contribution in [0.3, 0.4) is 0 Å². The van der Waals surface area contributed by atoms with Crippen LogP contribution in [-0.2, 0) is 11.3 Å². The molecule has 0 saturated heterocycles. The smallest absolute Gasteiger partial charge is 0.321 e. The quantitative estimate of drug-likeness (QED) is 0.821. The van der Waals surface area contributed by atoms with Crippen LogP contribution in [0.1, 0.15) is 20.3 Å². The number of tetrazole rings is 1.